The highest BCUT2D eigenvalue weighted by Gasteiger charge is 2.17. The molecule has 1 N–H and O–H groups in total. The Labute approximate surface area is 163 Å². The highest BCUT2D eigenvalue weighted by atomic mass is 19.1. The van der Waals surface area contributed by atoms with E-state index >= 15 is 0 Å². The molecule has 0 bridgehead atoms. The molecule has 1 aliphatic rings. The van der Waals surface area contributed by atoms with Gasteiger partial charge in [-0.2, -0.15) is 0 Å². The number of amides is 2. The molecule has 1 fully saturated rings. The zero-order chi connectivity index (χ0) is 20.4. The highest BCUT2D eigenvalue weighted by molar-refractivity contribution is 5.94. The normalized spacial score (nSPS) is 14.7. The quantitative estimate of drug-likeness (QED) is 0.568. The largest absolute Gasteiger partial charge is 0.456 e. The molecule has 0 atom stereocenters. The first-order chi connectivity index (χ1) is 13.5. The van der Waals surface area contributed by atoms with Crippen molar-refractivity contribution in [3.63, 3.8) is 0 Å². The van der Waals surface area contributed by atoms with Gasteiger partial charge in [-0.05, 0) is 31.4 Å². The number of nitrogens with zero attached hydrogens (tertiary/aromatic N) is 1. The third kappa shape index (κ3) is 7.25. The standard InChI is InChI=1S/C20H26F2N2O4/c21-15-8-9-16(17(22)13-15)20(27)23-10-6-7-19(26)28-14-18(25)24-11-4-2-1-3-5-12-24/h8-9,13H,1-7,10-12,14H2,(H,23,27). The lowest BCUT2D eigenvalue weighted by atomic mass is 10.1. The third-order valence-electron chi connectivity index (χ3n) is 4.58. The average Bonchev–Trinajstić information content (AvgIpc) is 2.63. The molecular formula is C20H26F2N2O4. The van der Waals surface area contributed by atoms with Crippen LogP contribution in [0.4, 0.5) is 8.78 Å². The Kier molecular flexibility index (Phi) is 8.84. The van der Waals surface area contributed by atoms with Crippen LogP contribution in [0.25, 0.3) is 0 Å². The van der Waals surface area contributed by atoms with Gasteiger partial charge in [0.05, 0.1) is 5.56 Å². The molecule has 8 heteroatoms. The van der Waals surface area contributed by atoms with E-state index in [9.17, 15) is 23.2 Å². The van der Waals surface area contributed by atoms with Crippen molar-refractivity contribution in [3.8, 4) is 0 Å². The summed E-state index contributed by atoms with van der Waals surface area (Å²) < 4.78 is 31.4. The van der Waals surface area contributed by atoms with Crippen LogP contribution in [-0.4, -0.2) is 48.9 Å². The fraction of sp³-hybridized carbons (Fsp3) is 0.550. The molecule has 0 unspecified atom stereocenters. The number of ether oxygens (including phenoxy) is 1. The van der Waals surface area contributed by atoms with Crippen LogP contribution in [0.3, 0.4) is 0 Å². The Bertz CT molecular complexity index is 689. The van der Waals surface area contributed by atoms with Crippen molar-refractivity contribution < 1.29 is 27.9 Å². The van der Waals surface area contributed by atoms with Gasteiger partial charge in [0.1, 0.15) is 11.6 Å². The topological polar surface area (TPSA) is 75.7 Å². The van der Waals surface area contributed by atoms with E-state index < -0.39 is 23.5 Å². The van der Waals surface area contributed by atoms with Gasteiger partial charge in [-0.25, -0.2) is 8.78 Å². The van der Waals surface area contributed by atoms with E-state index in [2.05, 4.69) is 5.32 Å². The Morgan fingerprint density at radius 3 is 2.39 bits per heavy atom. The van der Waals surface area contributed by atoms with Gasteiger partial charge < -0.3 is 15.0 Å². The van der Waals surface area contributed by atoms with Crippen LogP contribution in [0.2, 0.25) is 0 Å². The number of esters is 1. The minimum Gasteiger partial charge on any atom is -0.456 e. The molecule has 1 aromatic rings. The summed E-state index contributed by atoms with van der Waals surface area (Å²) >= 11 is 0. The van der Waals surface area contributed by atoms with E-state index in [0.717, 1.165) is 37.8 Å². The first-order valence-corrected chi connectivity index (χ1v) is 9.64. The Morgan fingerprint density at radius 2 is 1.71 bits per heavy atom. The van der Waals surface area contributed by atoms with Gasteiger partial charge in [0.2, 0.25) is 0 Å². The van der Waals surface area contributed by atoms with Crippen LogP contribution < -0.4 is 5.32 Å². The first kappa shape index (κ1) is 21.8. The summed E-state index contributed by atoms with van der Waals surface area (Å²) in [6, 6.07) is 2.69. The second-order valence-electron chi connectivity index (χ2n) is 6.79. The molecule has 1 heterocycles. The summed E-state index contributed by atoms with van der Waals surface area (Å²) in [5, 5.41) is 2.46. The maximum Gasteiger partial charge on any atom is 0.306 e. The van der Waals surface area contributed by atoms with Crippen LogP contribution in [-0.2, 0) is 14.3 Å². The molecule has 6 nitrogen and oxygen atoms in total. The fourth-order valence-corrected chi connectivity index (χ4v) is 3.01. The molecule has 0 aromatic heterocycles. The molecular weight excluding hydrogens is 370 g/mol. The second kappa shape index (κ2) is 11.4. The van der Waals surface area contributed by atoms with E-state index in [1.54, 1.807) is 4.90 Å². The van der Waals surface area contributed by atoms with Gasteiger partial charge in [-0.3, -0.25) is 14.4 Å². The summed E-state index contributed by atoms with van der Waals surface area (Å²) in [7, 11) is 0. The minimum atomic E-state index is -0.945. The third-order valence-corrected chi connectivity index (χ3v) is 4.58. The summed E-state index contributed by atoms with van der Waals surface area (Å²) in [5.41, 5.74) is -0.261. The van der Waals surface area contributed by atoms with Crippen molar-refractivity contribution in [2.45, 2.75) is 44.9 Å². The van der Waals surface area contributed by atoms with Crippen molar-refractivity contribution in [3.05, 3.63) is 35.4 Å². The molecule has 1 aliphatic heterocycles. The fourth-order valence-electron chi connectivity index (χ4n) is 3.01. The molecule has 2 amide bonds. The molecule has 0 radical (unpaired) electrons. The van der Waals surface area contributed by atoms with Crippen molar-refractivity contribution in [1.82, 2.24) is 10.2 Å². The number of likely N-dealkylation sites (tertiary alicyclic amines) is 1. The lowest BCUT2D eigenvalue weighted by Crippen LogP contribution is -2.37. The van der Waals surface area contributed by atoms with Crippen LogP contribution in [0.15, 0.2) is 18.2 Å². The van der Waals surface area contributed by atoms with E-state index in [0.29, 0.717) is 19.2 Å². The highest BCUT2D eigenvalue weighted by Crippen LogP contribution is 2.11. The SMILES string of the molecule is O=C(CCCNC(=O)c1ccc(F)cc1F)OCC(=O)N1CCCCCCC1. The predicted molar refractivity (Wildman–Crippen MR) is 98.5 cm³/mol. The second-order valence-corrected chi connectivity index (χ2v) is 6.79. The monoisotopic (exact) mass is 396 g/mol. The maximum absolute atomic E-state index is 13.5. The van der Waals surface area contributed by atoms with Crippen molar-refractivity contribution >= 4 is 17.8 Å². The number of nitrogens with one attached hydrogen (secondary N) is 1. The molecule has 1 saturated heterocycles. The van der Waals surface area contributed by atoms with Crippen molar-refractivity contribution in [2.24, 2.45) is 0 Å². The molecule has 0 saturated carbocycles. The van der Waals surface area contributed by atoms with E-state index in [1.807, 2.05) is 0 Å². The lowest BCUT2D eigenvalue weighted by molar-refractivity contribution is -0.152. The Balaban J connectivity index is 1.63. The predicted octanol–water partition coefficient (Wildman–Crippen LogP) is 2.81. The van der Waals surface area contributed by atoms with Gasteiger partial charge in [0.15, 0.2) is 6.61 Å². The van der Waals surface area contributed by atoms with Gasteiger partial charge in [-0.15, -0.1) is 0 Å². The number of hydrogen-bond donors (Lipinski definition) is 1. The number of rotatable bonds is 7. The van der Waals surface area contributed by atoms with Gasteiger partial charge in [0.25, 0.3) is 11.8 Å². The number of halogens is 2. The molecule has 154 valence electrons. The van der Waals surface area contributed by atoms with Crippen molar-refractivity contribution in [1.29, 1.82) is 0 Å². The molecule has 1 aromatic carbocycles. The lowest BCUT2D eigenvalue weighted by Gasteiger charge is -2.24. The van der Waals surface area contributed by atoms with E-state index in [-0.39, 0.29) is 37.5 Å². The van der Waals surface area contributed by atoms with E-state index in [4.69, 9.17) is 4.74 Å². The molecule has 0 spiro atoms. The van der Waals surface area contributed by atoms with Gasteiger partial charge in [-0.1, -0.05) is 19.3 Å². The summed E-state index contributed by atoms with van der Waals surface area (Å²) in [4.78, 5) is 37.4. The summed E-state index contributed by atoms with van der Waals surface area (Å²) in [6.45, 7) is 1.25. The zero-order valence-electron chi connectivity index (χ0n) is 15.8. The molecule has 28 heavy (non-hydrogen) atoms. The van der Waals surface area contributed by atoms with Crippen LogP contribution in [0, 0.1) is 11.6 Å². The Hall–Kier alpha value is -2.51. The molecule has 2 rings (SSSR count). The van der Waals surface area contributed by atoms with Crippen LogP contribution >= 0.6 is 0 Å². The average molecular weight is 396 g/mol. The van der Waals surface area contributed by atoms with Crippen molar-refractivity contribution in [2.75, 3.05) is 26.2 Å². The smallest absolute Gasteiger partial charge is 0.306 e. The summed E-state index contributed by atoms with van der Waals surface area (Å²) in [5.74, 6) is -3.10. The maximum atomic E-state index is 13.5. The molecule has 0 aliphatic carbocycles. The number of carbonyl (C=O) groups excluding carboxylic acids is 3. The van der Waals surface area contributed by atoms with Crippen LogP contribution in [0.5, 0.6) is 0 Å². The van der Waals surface area contributed by atoms with E-state index in [1.165, 1.54) is 6.42 Å². The van der Waals surface area contributed by atoms with Gasteiger partial charge >= 0.3 is 5.97 Å². The van der Waals surface area contributed by atoms with Crippen LogP contribution in [0.1, 0.15) is 55.3 Å². The zero-order valence-corrected chi connectivity index (χ0v) is 15.8. The number of carbonyl (C=O) groups is 3. The van der Waals surface area contributed by atoms with Gasteiger partial charge in [0, 0.05) is 32.1 Å². The number of benzene rings is 1. The minimum absolute atomic E-state index is 0.0272. The summed E-state index contributed by atoms with van der Waals surface area (Å²) in [6.07, 6.45) is 5.66. The Morgan fingerprint density at radius 1 is 1.04 bits per heavy atom. The first-order valence-electron chi connectivity index (χ1n) is 9.64. The number of hydrogen-bond acceptors (Lipinski definition) is 4.